The van der Waals surface area contributed by atoms with E-state index in [1.807, 2.05) is 0 Å². The summed E-state index contributed by atoms with van der Waals surface area (Å²) in [5.74, 6) is 0. The zero-order chi connectivity index (χ0) is 13.8. The SMILES string of the molecule is CC(C)[Si](OCCCC[C@@H]1CO1)(C(C)C)C(C)C. The summed E-state index contributed by atoms with van der Waals surface area (Å²) < 4.78 is 11.8. The van der Waals surface area contributed by atoms with Crippen LogP contribution < -0.4 is 0 Å². The van der Waals surface area contributed by atoms with Gasteiger partial charge in [-0.3, -0.25) is 0 Å². The van der Waals surface area contributed by atoms with Crippen molar-refractivity contribution in [3.05, 3.63) is 0 Å². The molecule has 0 aromatic heterocycles. The summed E-state index contributed by atoms with van der Waals surface area (Å²) in [4.78, 5) is 0. The van der Waals surface area contributed by atoms with Crippen LogP contribution in [0.15, 0.2) is 0 Å². The van der Waals surface area contributed by atoms with Crippen LogP contribution in [-0.2, 0) is 9.16 Å². The Bertz CT molecular complexity index is 213. The topological polar surface area (TPSA) is 21.8 Å². The third kappa shape index (κ3) is 4.07. The highest BCUT2D eigenvalue weighted by Gasteiger charge is 2.44. The Labute approximate surface area is 115 Å². The molecule has 1 saturated heterocycles. The van der Waals surface area contributed by atoms with Crippen molar-refractivity contribution in [2.75, 3.05) is 13.2 Å². The maximum atomic E-state index is 6.51. The zero-order valence-corrected chi connectivity index (χ0v) is 14.2. The molecule has 0 radical (unpaired) electrons. The molecule has 0 unspecified atom stereocenters. The normalized spacial score (nSPS) is 20.2. The van der Waals surface area contributed by atoms with Crippen LogP contribution in [-0.4, -0.2) is 27.6 Å². The first-order valence-corrected chi connectivity index (χ1v) is 9.80. The fourth-order valence-electron chi connectivity index (χ4n) is 3.46. The predicted molar refractivity (Wildman–Crippen MR) is 80.6 cm³/mol. The Hall–Kier alpha value is 0.137. The first kappa shape index (κ1) is 16.2. The van der Waals surface area contributed by atoms with Crippen molar-refractivity contribution >= 4 is 8.32 Å². The standard InChI is InChI=1S/C15H32O2Si/c1-12(2)18(13(3)4,14(5)6)17-10-8-7-9-15-11-16-15/h12-15H,7-11H2,1-6H3/t15-/m1/s1. The molecule has 1 aliphatic heterocycles. The third-order valence-corrected chi connectivity index (χ3v) is 10.5. The average Bonchev–Trinajstić information content (AvgIpc) is 3.05. The van der Waals surface area contributed by atoms with Gasteiger partial charge in [-0.2, -0.15) is 0 Å². The lowest BCUT2D eigenvalue weighted by atomic mass is 10.2. The van der Waals surface area contributed by atoms with Crippen LogP contribution in [0.5, 0.6) is 0 Å². The molecule has 108 valence electrons. The largest absolute Gasteiger partial charge is 0.416 e. The quantitative estimate of drug-likeness (QED) is 0.343. The molecule has 18 heavy (non-hydrogen) atoms. The van der Waals surface area contributed by atoms with Gasteiger partial charge >= 0.3 is 0 Å². The van der Waals surface area contributed by atoms with Gasteiger partial charge in [-0.05, 0) is 35.9 Å². The zero-order valence-electron chi connectivity index (χ0n) is 13.2. The first-order valence-electron chi connectivity index (χ1n) is 7.66. The van der Waals surface area contributed by atoms with E-state index in [2.05, 4.69) is 41.5 Å². The van der Waals surface area contributed by atoms with Crippen LogP contribution in [0.3, 0.4) is 0 Å². The van der Waals surface area contributed by atoms with Crippen molar-refractivity contribution in [2.24, 2.45) is 0 Å². The fourth-order valence-corrected chi connectivity index (χ4v) is 8.96. The highest BCUT2D eigenvalue weighted by Crippen LogP contribution is 2.42. The van der Waals surface area contributed by atoms with Gasteiger partial charge in [0.25, 0.3) is 0 Å². The molecule has 3 heteroatoms. The number of rotatable bonds is 9. The van der Waals surface area contributed by atoms with Crippen molar-refractivity contribution in [2.45, 2.75) is 83.5 Å². The van der Waals surface area contributed by atoms with Crippen molar-refractivity contribution in [3.63, 3.8) is 0 Å². The van der Waals surface area contributed by atoms with Crippen LogP contribution in [0.1, 0.15) is 60.8 Å². The van der Waals surface area contributed by atoms with Crippen LogP contribution in [0.4, 0.5) is 0 Å². The lowest BCUT2D eigenvalue weighted by molar-refractivity contribution is 0.265. The Kier molecular flexibility index (Phi) is 6.35. The highest BCUT2D eigenvalue weighted by atomic mass is 28.4. The van der Waals surface area contributed by atoms with Crippen molar-refractivity contribution < 1.29 is 9.16 Å². The molecule has 0 N–H and O–H groups in total. The molecule has 2 nitrogen and oxygen atoms in total. The van der Waals surface area contributed by atoms with E-state index in [1.165, 1.54) is 19.3 Å². The summed E-state index contributed by atoms with van der Waals surface area (Å²) in [6, 6.07) is 0. The smallest absolute Gasteiger partial charge is 0.200 e. The molecule has 1 aliphatic rings. The molecule has 0 aromatic carbocycles. The summed E-state index contributed by atoms with van der Waals surface area (Å²) >= 11 is 0. The van der Waals surface area contributed by atoms with Gasteiger partial charge in [0.15, 0.2) is 8.32 Å². The lowest BCUT2D eigenvalue weighted by Crippen LogP contribution is -2.47. The maximum absolute atomic E-state index is 6.51. The molecule has 0 saturated carbocycles. The summed E-state index contributed by atoms with van der Waals surface area (Å²) in [6.45, 7) is 16.1. The highest BCUT2D eigenvalue weighted by molar-refractivity contribution is 6.77. The second kappa shape index (κ2) is 7.06. The van der Waals surface area contributed by atoms with E-state index in [1.54, 1.807) is 0 Å². The van der Waals surface area contributed by atoms with E-state index < -0.39 is 8.32 Å². The molecule has 0 spiro atoms. The van der Waals surface area contributed by atoms with Crippen LogP contribution in [0, 0.1) is 0 Å². The van der Waals surface area contributed by atoms with Crippen molar-refractivity contribution in [1.82, 2.24) is 0 Å². The molecule has 0 aliphatic carbocycles. The minimum atomic E-state index is -1.62. The summed E-state index contributed by atoms with van der Waals surface area (Å²) in [7, 11) is -1.62. The second-order valence-corrected chi connectivity index (χ2v) is 12.1. The predicted octanol–water partition coefficient (Wildman–Crippen LogP) is 4.75. The van der Waals surface area contributed by atoms with Crippen molar-refractivity contribution in [1.29, 1.82) is 0 Å². The molecular formula is C15H32O2Si. The van der Waals surface area contributed by atoms with Gasteiger partial charge < -0.3 is 9.16 Å². The van der Waals surface area contributed by atoms with Gasteiger partial charge in [-0.1, -0.05) is 41.5 Å². The Balaban J connectivity index is 2.38. The monoisotopic (exact) mass is 272 g/mol. The molecule has 1 fully saturated rings. The van der Waals surface area contributed by atoms with E-state index in [-0.39, 0.29) is 0 Å². The van der Waals surface area contributed by atoms with Gasteiger partial charge in [0.2, 0.25) is 0 Å². The molecule has 1 rings (SSSR count). The lowest BCUT2D eigenvalue weighted by Gasteiger charge is -2.42. The van der Waals surface area contributed by atoms with Crippen molar-refractivity contribution in [3.8, 4) is 0 Å². The molecule has 0 aromatic rings. The minimum absolute atomic E-state index is 0.576. The van der Waals surface area contributed by atoms with Crippen LogP contribution in [0.2, 0.25) is 16.6 Å². The summed E-state index contributed by atoms with van der Waals surface area (Å²) in [6.07, 6.45) is 4.25. The fraction of sp³-hybridized carbons (Fsp3) is 1.00. The van der Waals surface area contributed by atoms with Gasteiger partial charge in [0.05, 0.1) is 12.7 Å². The van der Waals surface area contributed by atoms with Gasteiger partial charge in [-0.15, -0.1) is 0 Å². The number of ether oxygens (including phenoxy) is 1. The van der Waals surface area contributed by atoms with E-state index in [9.17, 15) is 0 Å². The van der Waals surface area contributed by atoms with E-state index in [0.29, 0.717) is 22.7 Å². The third-order valence-electron chi connectivity index (χ3n) is 4.38. The number of hydrogen-bond acceptors (Lipinski definition) is 2. The molecule has 0 bridgehead atoms. The number of unbranched alkanes of at least 4 members (excludes halogenated alkanes) is 1. The molecular weight excluding hydrogens is 240 g/mol. The number of epoxide rings is 1. The summed E-state index contributed by atoms with van der Waals surface area (Å²) in [5, 5.41) is 0. The van der Waals surface area contributed by atoms with Gasteiger partial charge in [-0.25, -0.2) is 0 Å². The molecule has 1 atom stereocenters. The molecule has 0 amide bonds. The van der Waals surface area contributed by atoms with Crippen LogP contribution >= 0.6 is 0 Å². The minimum Gasteiger partial charge on any atom is -0.416 e. The Morgan fingerprint density at radius 3 is 1.89 bits per heavy atom. The first-order chi connectivity index (χ1) is 8.41. The maximum Gasteiger partial charge on any atom is 0.200 e. The summed E-state index contributed by atoms with van der Waals surface area (Å²) in [5.41, 5.74) is 2.10. The van der Waals surface area contributed by atoms with Gasteiger partial charge in [0.1, 0.15) is 0 Å². The number of hydrogen-bond donors (Lipinski definition) is 0. The Morgan fingerprint density at radius 2 is 1.50 bits per heavy atom. The molecule has 1 heterocycles. The van der Waals surface area contributed by atoms with E-state index >= 15 is 0 Å². The Morgan fingerprint density at radius 1 is 1.00 bits per heavy atom. The average molecular weight is 273 g/mol. The van der Waals surface area contributed by atoms with Crippen LogP contribution in [0.25, 0.3) is 0 Å². The van der Waals surface area contributed by atoms with E-state index in [0.717, 1.165) is 13.2 Å². The second-order valence-electron chi connectivity index (χ2n) is 6.62. The van der Waals surface area contributed by atoms with Gasteiger partial charge in [0, 0.05) is 6.61 Å². The van der Waals surface area contributed by atoms with E-state index in [4.69, 9.17) is 9.16 Å².